The van der Waals surface area contributed by atoms with Crippen LogP contribution in [0, 0.1) is 0 Å². The highest BCUT2D eigenvalue weighted by molar-refractivity contribution is 6.30. The highest BCUT2D eigenvalue weighted by Crippen LogP contribution is 2.25. The van der Waals surface area contributed by atoms with Gasteiger partial charge in [-0.1, -0.05) is 60.1 Å². The quantitative estimate of drug-likeness (QED) is 0.533. The van der Waals surface area contributed by atoms with E-state index in [9.17, 15) is 0 Å². The number of benzodiazepines with no additional fused rings is 1. The van der Waals surface area contributed by atoms with Gasteiger partial charge in [-0.05, 0) is 42.0 Å². The zero-order valence-electron chi connectivity index (χ0n) is 16.4. The van der Waals surface area contributed by atoms with Crippen molar-refractivity contribution in [3.05, 3.63) is 101 Å². The van der Waals surface area contributed by atoms with Crippen molar-refractivity contribution in [2.75, 3.05) is 25.0 Å². The second-order valence-corrected chi connectivity index (χ2v) is 7.43. The van der Waals surface area contributed by atoms with Crippen molar-refractivity contribution in [1.82, 2.24) is 0 Å². The zero-order valence-corrected chi connectivity index (χ0v) is 17.1. The zero-order chi connectivity index (χ0) is 20.1. The largest absolute Gasteiger partial charge is 0.488 e. The molecule has 29 heavy (non-hydrogen) atoms. The topological polar surface area (TPSA) is 24.8 Å². The molecule has 4 heteroatoms. The van der Waals surface area contributed by atoms with Crippen LogP contribution in [0.15, 0.2) is 83.9 Å². The van der Waals surface area contributed by atoms with E-state index in [1.165, 1.54) is 5.69 Å². The monoisotopic (exact) mass is 402 g/mol. The number of hydrogen-bond acceptors (Lipinski definition) is 3. The number of likely N-dealkylation sites (N-methyl/N-ethyl adjacent to an activating group) is 1. The molecule has 3 aromatic carbocycles. The minimum atomic E-state index is 0.497. The van der Waals surface area contributed by atoms with Crippen LogP contribution < -0.4 is 9.64 Å². The normalized spacial score (nSPS) is 13.7. The lowest BCUT2D eigenvalue weighted by Crippen LogP contribution is -2.20. The van der Waals surface area contributed by atoms with E-state index in [1.54, 1.807) is 0 Å². The van der Waals surface area contributed by atoms with Crippen molar-refractivity contribution in [1.29, 1.82) is 0 Å². The highest BCUT2D eigenvalue weighted by Gasteiger charge is 2.13. The summed E-state index contributed by atoms with van der Waals surface area (Å²) in [7, 11) is 2.11. The Kier molecular flexibility index (Phi) is 5.97. The van der Waals surface area contributed by atoms with Crippen LogP contribution in [0.1, 0.15) is 16.7 Å². The molecule has 0 spiro atoms. The van der Waals surface area contributed by atoms with Crippen LogP contribution >= 0.6 is 11.6 Å². The number of para-hydroxylation sites is 2. The first-order valence-electron chi connectivity index (χ1n) is 9.70. The van der Waals surface area contributed by atoms with Crippen molar-refractivity contribution in [3.63, 3.8) is 0 Å². The Balaban J connectivity index is 1.55. The minimum Gasteiger partial charge on any atom is -0.488 e. The smallest absolute Gasteiger partial charge is 0.127 e. The van der Waals surface area contributed by atoms with Gasteiger partial charge < -0.3 is 9.64 Å². The molecule has 1 aliphatic heterocycles. The van der Waals surface area contributed by atoms with E-state index in [-0.39, 0.29) is 0 Å². The lowest BCUT2D eigenvalue weighted by atomic mass is 10.1. The van der Waals surface area contributed by atoms with Crippen LogP contribution in [0.3, 0.4) is 0 Å². The second kappa shape index (κ2) is 8.97. The summed E-state index contributed by atoms with van der Waals surface area (Å²) in [4.78, 5) is 7.05. The fourth-order valence-electron chi connectivity index (χ4n) is 3.35. The summed E-state index contributed by atoms with van der Waals surface area (Å²) >= 11 is 5.96. The minimum absolute atomic E-state index is 0.497. The SMILES string of the molecule is CN1CCN=C(/C=C/c2ccccc2OCc2ccc(Cl)cc2)c2ccccc21. The lowest BCUT2D eigenvalue weighted by Gasteiger charge is -2.18. The van der Waals surface area contributed by atoms with Crippen molar-refractivity contribution < 1.29 is 4.74 Å². The summed E-state index contributed by atoms with van der Waals surface area (Å²) < 4.78 is 6.07. The second-order valence-electron chi connectivity index (χ2n) is 6.99. The van der Waals surface area contributed by atoms with Gasteiger partial charge >= 0.3 is 0 Å². The number of aliphatic imine (C=N–C) groups is 1. The summed E-state index contributed by atoms with van der Waals surface area (Å²) in [5.74, 6) is 0.846. The van der Waals surface area contributed by atoms with Gasteiger partial charge in [-0.15, -0.1) is 0 Å². The average Bonchev–Trinajstić information content (AvgIpc) is 2.91. The maximum Gasteiger partial charge on any atom is 0.127 e. The molecule has 0 unspecified atom stereocenters. The maximum absolute atomic E-state index is 6.07. The molecule has 0 radical (unpaired) electrons. The summed E-state index contributed by atoms with van der Waals surface area (Å²) in [5, 5.41) is 0.729. The molecule has 1 aliphatic rings. The Morgan fingerprint density at radius 1 is 0.966 bits per heavy atom. The molecule has 0 saturated carbocycles. The van der Waals surface area contributed by atoms with Crippen LogP contribution in [-0.4, -0.2) is 25.8 Å². The molecular formula is C25H23ClN2O. The van der Waals surface area contributed by atoms with E-state index in [0.717, 1.165) is 46.3 Å². The standard InChI is InChI=1S/C25H23ClN2O/c1-28-17-16-27-23(22-7-3-4-8-24(22)28)15-12-20-6-2-5-9-25(20)29-18-19-10-13-21(26)14-11-19/h2-15H,16-18H2,1H3/b15-12+. The van der Waals surface area contributed by atoms with E-state index < -0.39 is 0 Å². The number of allylic oxidation sites excluding steroid dienone is 1. The molecule has 146 valence electrons. The fraction of sp³-hybridized carbons (Fsp3) is 0.160. The number of rotatable bonds is 5. The molecule has 0 bridgehead atoms. The van der Waals surface area contributed by atoms with Gasteiger partial charge in [-0.25, -0.2) is 0 Å². The molecule has 3 aromatic rings. The van der Waals surface area contributed by atoms with Gasteiger partial charge in [0.05, 0.1) is 12.3 Å². The van der Waals surface area contributed by atoms with E-state index in [0.29, 0.717) is 6.61 Å². The van der Waals surface area contributed by atoms with Gasteiger partial charge in [0, 0.05) is 35.4 Å². The molecule has 0 atom stereocenters. The van der Waals surface area contributed by atoms with Gasteiger partial charge in [0.15, 0.2) is 0 Å². The third-order valence-electron chi connectivity index (χ3n) is 4.96. The van der Waals surface area contributed by atoms with Gasteiger partial charge in [0.2, 0.25) is 0 Å². The van der Waals surface area contributed by atoms with E-state index >= 15 is 0 Å². The maximum atomic E-state index is 6.07. The van der Waals surface area contributed by atoms with Crippen LogP contribution in [0.2, 0.25) is 5.02 Å². The molecule has 0 fully saturated rings. The summed E-state index contributed by atoms with van der Waals surface area (Å²) in [6.45, 7) is 2.19. The number of nitrogens with zero attached hydrogens (tertiary/aromatic N) is 2. The van der Waals surface area contributed by atoms with Crippen molar-refractivity contribution >= 4 is 29.1 Å². The van der Waals surface area contributed by atoms with Crippen LogP contribution in [-0.2, 0) is 6.61 Å². The Hall–Kier alpha value is -3.04. The molecule has 0 saturated heterocycles. The molecule has 0 N–H and O–H groups in total. The third-order valence-corrected chi connectivity index (χ3v) is 5.21. The lowest BCUT2D eigenvalue weighted by molar-refractivity contribution is 0.305. The van der Waals surface area contributed by atoms with E-state index in [4.69, 9.17) is 21.3 Å². The summed E-state index contributed by atoms with van der Waals surface area (Å²) in [5.41, 5.74) is 5.47. The Labute approximate surface area is 176 Å². The Morgan fingerprint density at radius 2 is 1.72 bits per heavy atom. The first-order chi connectivity index (χ1) is 14.2. The fourth-order valence-corrected chi connectivity index (χ4v) is 3.48. The number of fused-ring (bicyclic) bond motifs is 1. The molecule has 0 amide bonds. The number of ether oxygens (including phenoxy) is 1. The van der Waals surface area contributed by atoms with E-state index in [1.807, 2.05) is 42.5 Å². The van der Waals surface area contributed by atoms with Crippen molar-refractivity contribution in [3.8, 4) is 5.75 Å². The average molecular weight is 403 g/mol. The van der Waals surface area contributed by atoms with Gasteiger partial charge in [-0.2, -0.15) is 0 Å². The van der Waals surface area contributed by atoms with Gasteiger partial charge in [-0.3, -0.25) is 4.99 Å². The van der Waals surface area contributed by atoms with Crippen molar-refractivity contribution in [2.24, 2.45) is 4.99 Å². The molecule has 3 nitrogen and oxygen atoms in total. The first kappa shape index (κ1) is 19.3. The number of anilines is 1. The predicted octanol–water partition coefficient (Wildman–Crippen LogP) is 5.87. The molecular weight excluding hydrogens is 380 g/mol. The number of hydrogen-bond donors (Lipinski definition) is 0. The summed E-state index contributed by atoms with van der Waals surface area (Å²) in [6, 6.07) is 24.2. The van der Waals surface area contributed by atoms with Crippen LogP contribution in [0.25, 0.3) is 6.08 Å². The van der Waals surface area contributed by atoms with E-state index in [2.05, 4.69) is 54.4 Å². The van der Waals surface area contributed by atoms with Gasteiger partial charge in [0.25, 0.3) is 0 Å². The molecule has 1 heterocycles. The number of benzene rings is 3. The molecule has 4 rings (SSSR count). The van der Waals surface area contributed by atoms with Crippen LogP contribution in [0.4, 0.5) is 5.69 Å². The first-order valence-corrected chi connectivity index (χ1v) is 10.1. The van der Waals surface area contributed by atoms with Gasteiger partial charge in [0.1, 0.15) is 12.4 Å². The molecule has 0 aromatic heterocycles. The number of halogens is 1. The van der Waals surface area contributed by atoms with Crippen LogP contribution in [0.5, 0.6) is 5.75 Å². The summed E-state index contributed by atoms with van der Waals surface area (Å²) in [6.07, 6.45) is 4.17. The Bertz CT molecular complexity index is 1040. The highest BCUT2D eigenvalue weighted by atomic mass is 35.5. The molecule has 0 aliphatic carbocycles. The Morgan fingerprint density at radius 3 is 2.59 bits per heavy atom. The van der Waals surface area contributed by atoms with Crippen molar-refractivity contribution in [2.45, 2.75) is 6.61 Å². The third kappa shape index (κ3) is 4.69. The predicted molar refractivity (Wildman–Crippen MR) is 122 cm³/mol.